The van der Waals surface area contributed by atoms with Crippen LogP contribution >= 0.6 is 24.0 Å². The summed E-state index contributed by atoms with van der Waals surface area (Å²) >= 11 is 5.87. The van der Waals surface area contributed by atoms with Crippen molar-refractivity contribution in [3.8, 4) is 0 Å². The normalized spacial score (nSPS) is 16.2. The summed E-state index contributed by atoms with van der Waals surface area (Å²) in [6.45, 7) is 8.31. The average molecular weight is 386 g/mol. The lowest BCUT2D eigenvalue weighted by molar-refractivity contribution is 1.40. The number of thiophene rings is 1. The third-order valence-electron chi connectivity index (χ3n) is 4.59. The highest BCUT2D eigenvalue weighted by Gasteiger charge is 2.21. The summed E-state index contributed by atoms with van der Waals surface area (Å²) in [5, 5.41) is 7.71. The third kappa shape index (κ3) is 3.09. The second-order valence-corrected chi connectivity index (χ2v) is 7.54. The van der Waals surface area contributed by atoms with Gasteiger partial charge in [-0.15, -0.1) is 11.3 Å². The van der Waals surface area contributed by atoms with Gasteiger partial charge in [0.25, 0.3) is 0 Å². The molecular formula is C24H19NS2. The molecule has 0 saturated carbocycles. The fraction of sp³-hybridized carbons (Fsp3) is 0. The maximum Gasteiger partial charge on any atom is 0.0573 e. The van der Waals surface area contributed by atoms with Gasteiger partial charge in [-0.05, 0) is 28.7 Å². The summed E-state index contributed by atoms with van der Waals surface area (Å²) in [5.41, 5.74) is 5.58. The topological polar surface area (TPSA) is 12.0 Å². The van der Waals surface area contributed by atoms with E-state index in [-0.39, 0.29) is 0 Å². The number of para-hydroxylation sites is 1. The van der Waals surface area contributed by atoms with Crippen LogP contribution in [0, 0.1) is 0 Å². The van der Waals surface area contributed by atoms with Gasteiger partial charge in [-0.25, -0.2) is 0 Å². The number of hydrogen-bond acceptors (Lipinski definition) is 3. The molecule has 0 spiro atoms. The minimum absolute atomic E-state index is 0.928. The van der Waals surface area contributed by atoms with Gasteiger partial charge in [0.05, 0.1) is 5.70 Å². The highest BCUT2D eigenvalue weighted by Crippen LogP contribution is 2.33. The Morgan fingerprint density at radius 3 is 2.59 bits per heavy atom. The molecule has 1 aliphatic heterocycles. The van der Waals surface area contributed by atoms with E-state index >= 15 is 0 Å². The molecule has 3 heteroatoms. The van der Waals surface area contributed by atoms with Crippen molar-refractivity contribution in [2.45, 2.75) is 0 Å². The summed E-state index contributed by atoms with van der Waals surface area (Å²) in [6, 6.07) is 16.9. The van der Waals surface area contributed by atoms with Crippen molar-refractivity contribution in [1.82, 2.24) is 0 Å². The van der Waals surface area contributed by atoms with Crippen LogP contribution in [0.3, 0.4) is 0 Å². The van der Waals surface area contributed by atoms with Crippen molar-refractivity contribution in [3.63, 3.8) is 0 Å². The number of thiol groups is 1. The molecule has 1 N–H and O–H groups in total. The number of nitrogens with one attached hydrogen (secondary N) is 1. The van der Waals surface area contributed by atoms with Gasteiger partial charge in [-0.1, -0.05) is 73.9 Å². The summed E-state index contributed by atoms with van der Waals surface area (Å²) in [6.07, 6.45) is 7.70. The molecule has 0 unspecified atom stereocenters. The standard InChI is InChI=1S/C24H19NS2/c1-3-17(16(2)10-8-9-15-26)24-22(19-12-5-7-14-21(19)27-24)23-18-11-4-6-13-20(18)25-23/h3-15,25-26H,1-2H2/b10-8-,15-9-,23-22-,24-17-. The van der Waals surface area contributed by atoms with E-state index in [0.717, 1.165) is 11.1 Å². The molecule has 0 fully saturated rings. The minimum Gasteiger partial charge on any atom is -0.354 e. The molecule has 27 heavy (non-hydrogen) atoms. The lowest BCUT2D eigenvalue weighted by Gasteiger charge is -2.25. The van der Waals surface area contributed by atoms with Crippen molar-refractivity contribution in [2.75, 3.05) is 5.32 Å². The Bertz CT molecular complexity index is 1240. The monoisotopic (exact) mass is 385 g/mol. The van der Waals surface area contributed by atoms with Crippen LogP contribution in [-0.2, 0) is 0 Å². The predicted octanol–water partition coefficient (Wildman–Crippen LogP) is 5.38. The molecule has 2 heterocycles. The highest BCUT2D eigenvalue weighted by molar-refractivity contribution is 7.83. The molecule has 0 amide bonds. The van der Waals surface area contributed by atoms with Gasteiger partial charge in [0.2, 0.25) is 0 Å². The van der Waals surface area contributed by atoms with Crippen LogP contribution in [0.25, 0.3) is 21.4 Å². The lowest BCUT2D eigenvalue weighted by atomic mass is 9.98. The van der Waals surface area contributed by atoms with E-state index in [1.165, 1.54) is 36.8 Å². The molecule has 4 rings (SSSR count). The van der Waals surface area contributed by atoms with E-state index in [9.17, 15) is 0 Å². The number of allylic oxidation sites excluding steroid dienone is 5. The second kappa shape index (κ2) is 7.47. The van der Waals surface area contributed by atoms with Gasteiger partial charge in [-0.3, -0.25) is 0 Å². The number of rotatable bonds is 4. The predicted molar refractivity (Wildman–Crippen MR) is 124 cm³/mol. The fourth-order valence-electron chi connectivity index (χ4n) is 3.31. The van der Waals surface area contributed by atoms with Crippen LogP contribution in [0.1, 0.15) is 5.56 Å². The summed E-state index contributed by atoms with van der Waals surface area (Å²) < 4.78 is 2.44. The first kappa shape index (κ1) is 17.7. The van der Waals surface area contributed by atoms with Crippen LogP contribution < -0.4 is 15.1 Å². The number of anilines is 1. The largest absolute Gasteiger partial charge is 0.354 e. The van der Waals surface area contributed by atoms with Gasteiger partial charge in [0, 0.05) is 31.1 Å². The Labute approximate surface area is 168 Å². The Morgan fingerprint density at radius 2 is 1.81 bits per heavy atom. The number of hydrogen-bond donors (Lipinski definition) is 2. The van der Waals surface area contributed by atoms with Gasteiger partial charge in [0.15, 0.2) is 0 Å². The Kier molecular flexibility index (Phi) is 4.88. The summed E-state index contributed by atoms with van der Waals surface area (Å²) in [7, 11) is 0. The molecule has 132 valence electrons. The third-order valence-corrected chi connectivity index (χ3v) is 5.97. The van der Waals surface area contributed by atoms with E-state index < -0.39 is 0 Å². The first-order valence-electron chi connectivity index (χ1n) is 8.66. The smallest absolute Gasteiger partial charge is 0.0573 e. The van der Waals surface area contributed by atoms with Crippen LogP contribution in [0.2, 0.25) is 0 Å². The summed E-state index contributed by atoms with van der Waals surface area (Å²) in [4.78, 5) is 0. The van der Waals surface area contributed by atoms with Crippen LogP contribution in [0.15, 0.2) is 97.0 Å². The molecule has 1 nitrogen and oxygen atoms in total. The molecule has 1 aromatic heterocycles. The van der Waals surface area contributed by atoms with E-state index in [2.05, 4.69) is 79.6 Å². The van der Waals surface area contributed by atoms with Gasteiger partial charge in [-0.2, -0.15) is 12.6 Å². The van der Waals surface area contributed by atoms with Crippen molar-refractivity contribution in [3.05, 3.63) is 112 Å². The average Bonchev–Trinajstić information content (AvgIpc) is 3.02. The van der Waals surface area contributed by atoms with Crippen LogP contribution in [-0.4, -0.2) is 0 Å². The molecule has 2 aromatic carbocycles. The van der Waals surface area contributed by atoms with Crippen LogP contribution in [0.4, 0.5) is 5.69 Å². The minimum atomic E-state index is 0.928. The second-order valence-electron chi connectivity index (χ2n) is 6.19. The van der Waals surface area contributed by atoms with Gasteiger partial charge < -0.3 is 5.32 Å². The maximum atomic E-state index is 4.26. The zero-order valence-electron chi connectivity index (χ0n) is 14.8. The lowest BCUT2D eigenvalue weighted by Crippen LogP contribution is -2.31. The van der Waals surface area contributed by atoms with Crippen molar-refractivity contribution >= 4 is 51.0 Å². The van der Waals surface area contributed by atoms with E-state index in [0.29, 0.717) is 0 Å². The molecule has 0 saturated heterocycles. The Hall–Kier alpha value is -2.75. The van der Waals surface area contributed by atoms with Crippen molar-refractivity contribution in [2.24, 2.45) is 0 Å². The first-order chi connectivity index (χ1) is 13.2. The fourth-order valence-corrected chi connectivity index (χ4v) is 4.70. The highest BCUT2D eigenvalue weighted by atomic mass is 32.1. The quantitative estimate of drug-likeness (QED) is 0.454. The van der Waals surface area contributed by atoms with E-state index in [1.54, 1.807) is 16.7 Å². The SMILES string of the molecule is C=C/C(C(=C)/C=C\C=C/S)=c1/sc2ccccc2/c1=C1/Nc2ccccc21. The van der Waals surface area contributed by atoms with Gasteiger partial charge >= 0.3 is 0 Å². The molecule has 0 aliphatic carbocycles. The molecule has 0 radical (unpaired) electrons. The van der Waals surface area contributed by atoms with Gasteiger partial charge in [0.1, 0.15) is 0 Å². The first-order valence-corrected chi connectivity index (χ1v) is 9.99. The number of fused-ring (bicyclic) bond motifs is 2. The zero-order chi connectivity index (χ0) is 18.8. The Morgan fingerprint density at radius 1 is 1.04 bits per heavy atom. The molecule has 0 atom stereocenters. The Balaban J connectivity index is 2.09. The molecule has 0 bridgehead atoms. The maximum absolute atomic E-state index is 4.26. The molecule has 1 aliphatic rings. The zero-order valence-corrected chi connectivity index (χ0v) is 16.5. The van der Waals surface area contributed by atoms with Crippen molar-refractivity contribution in [1.29, 1.82) is 0 Å². The van der Waals surface area contributed by atoms with E-state index in [1.807, 2.05) is 24.3 Å². The summed E-state index contributed by atoms with van der Waals surface area (Å²) in [5.74, 6) is 0. The van der Waals surface area contributed by atoms with Crippen molar-refractivity contribution < 1.29 is 0 Å². The van der Waals surface area contributed by atoms with Crippen LogP contribution in [0.5, 0.6) is 0 Å². The van der Waals surface area contributed by atoms with E-state index in [4.69, 9.17) is 0 Å². The molecular weight excluding hydrogens is 366 g/mol. The molecule has 3 aromatic rings. The number of benzene rings is 2.